The highest BCUT2D eigenvalue weighted by Crippen LogP contribution is 2.26. The van der Waals surface area contributed by atoms with Crippen molar-refractivity contribution in [3.8, 4) is 5.69 Å². The molecule has 1 saturated heterocycles. The number of hydrogen-bond acceptors (Lipinski definition) is 3. The fourth-order valence-electron chi connectivity index (χ4n) is 3.14. The van der Waals surface area contributed by atoms with Crippen LogP contribution in [0, 0.1) is 6.92 Å². The van der Waals surface area contributed by atoms with Crippen molar-refractivity contribution in [2.24, 2.45) is 0 Å². The topological polar surface area (TPSA) is 33.1 Å². The van der Waals surface area contributed by atoms with Gasteiger partial charge in [0, 0.05) is 37.3 Å². The summed E-state index contributed by atoms with van der Waals surface area (Å²) < 4.78 is 2.05. The van der Waals surface area contributed by atoms with Gasteiger partial charge in [0.15, 0.2) is 0 Å². The molecule has 1 aliphatic rings. The van der Waals surface area contributed by atoms with Gasteiger partial charge in [-0.25, -0.2) is 4.68 Å². The molecule has 0 aliphatic carbocycles. The van der Waals surface area contributed by atoms with Crippen LogP contribution in [0.4, 0.5) is 5.69 Å². The molecule has 0 radical (unpaired) electrons. The zero-order valence-electron chi connectivity index (χ0n) is 13.2. The highest BCUT2D eigenvalue weighted by atomic mass is 35.5. The standard InChI is InChI=1S/C18H20N4.ClH/c1-14-17-8-7-16(21-11-9-19-10-12-21)13-18(17)22(20-14)15-5-3-2-4-6-15;/h2-8,13,19H,9-12H2,1H3;1H. The Kier molecular flexibility index (Phi) is 4.55. The third-order valence-corrected chi connectivity index (χ3v) is 4.33. The molecule has 23 heavy (non-hydrogen) atoms. The molecule has 0 amide bonds. The number of fused-ring (bicyclic) bond motifs is 1. The van der Waals surface area contributed by atoms with Crippen LogP contribution in [0.5, 0.6) is 0 Å². The maximum atomic E-state index is 4.73. The first-order valence-electron chi connectivity index (χ1n) is 7.83. The van der Waals surface area contributed by atoms with E-state index in [2.05, 4.69) is 64.3 Å². The molecule has 2 heterocycles. The summed E-state index contributed by atoms with van der Waals surface area (Å²) in [6, 6.07) is 17.0. The second-order valence-corrected chi connectivity index (χ2v) is 5.77. The largest absolute Gasteiger partial charge is 0.369 e. The van der Waals surface area contributed by atoms with E-state index in [4.69, 9.17) is 5.10 Å². The Balaban J connectivity index is 0.00000156. The van der Waals surface area contributed by atoms with E-state index in [1.54, 1.807) is 0 Å². The molecular formula is C18H21ClN4. The first-order valence-corrected chi connectivity index (χ1v) is 7.83. The number of nitrogens with one attached hydrogen (secondary N) is 1. The van der Waals surface area contributed by atoms with Crippen LogP contribution in [0.3, 0.4) is 0 Å². The summed E-state index contributed by atoms with van der Waals surface area (Å²) in [7, 11) is 0. The smallest absolute Gasteiger partial charge is 0.0764 e. The fourth-order valence-corrected chi connectivity index (χ4v) is 3.14. The van der Waals surface area contributed by atoms with Crippen LogP contribution in [0.25, 0.3) is 16.6 Å². The van der Waals surface area contributed by atoms with Crippen LogP contribution in [0.1, 0.15) is 5.69 Å². The number of rotatable bonds is 2. The lowest BCUT2D eigenvalue weighted by atomic mass is 10.1. The van der Waals surface area contributed by atoms with Crippen LogP contribution in [-0.4, -0.2) is 36.0 Å². The van der Waals surface area contributed by atoms with Gasteiger partial charge >= 0.3 is 0 Å². The lowest BCUT2D eigenvalue weighted by molar-refractivity contribution is 0.589. The average molecular weight is 329 g/mol. The predicted molar refractivity (Wildman–Crippen MR) is 98.1 cm³/mol. The molecular weight excluding hydrogens is 308 g/mol. The first kappa shape index (κ1) is 15.8. The molecule has 120 valence electrons. The Morgan fingerprint density at radius 1 is 0.957 bits per heavy atom. The molecule has 0 bridgehead atoms. The van der Waals surface area contributed by atoms with Crippen molar-refractivity contribution in [2.45, 2.75) is 6.92 Å². The second kappa shape index (κ2) is 6.60. The van der Waals surface area contributed by atoms with Gasteiger partial charge in [0.1, 0.15) is 0 Å². The molecule has 1 fully saturated rings. The summed E-state index contributed by atoms with van der Waals surface area (Å²) in [5, 5.41) is 9.36. The molecule has 2 aromatic carbocycles. The summed E-state index contributed by atoms with van der Waals surface area (Å²) in [4.78, 5) is 2.44. The van der Waals surface area contributed by atoms with Crippen LogP contribution < -0.4 is 10.2 Å². The summed E-state index contributed by atoms with van der Waals surface area (Å²) >= 11 is 0. The van der Waals surface area contributed by atoms with Gasteiger partial charge < -0.3 is 10.2 Å². The summed E-state index contributed by atoms with van der Waals surface area (Å²) in [5.74, 6) is 0. The van der Waals surface area contributed by atoms with Crippen molar-refractivity contribution >= 4 is 29.0 Å². The SMILES string of the molecule is Cc1nn(-c2ccccc2)c2cc(N3CCNCC3)ccc12.Cl. The molecule has 5 heteroatoms. The van der Waals surface area contributed by atoms with Gasteiger partial charge in [0.05, 0.1) is 16.9 Å². The zero-order valence-corrected chi connectivity index (χ0v) is 14.0. The summed E-state index contributed by atoms with van der Waals surface area (Å²) in [6.45, 7) is 6.30. The maximum absolute atomic E-state index is 4.73. The fraction of sp³-hybridized carbons (Fsp3) is 0.278. The molecule has 0 spiro atoms. The monoisotopic (exact) mass is 328 g/mol. The van der Waals surface area contributed by atoms with Gasteiger partial charge in [-0.1, -0.05) is 18.2 Å². The second-order valence-electron chi connectivity index (χ2n) is 5.77. The van der Waals surface area contributed by atoms with Gasteiger partial charge in [0.2, 0.25) is 0 Å². The minimum atomic E-state index is 0. The van der Waals surface area contributed by atoms with E-state index in [0.29, 0.717) is 0 Å². The van der Waals surface area contributed by atoms with Crippen LogP contribution in [0.15, 0.2) is 48.5 Å². The summed E-state index contributed by atoms with van der Waals surface area (Å²) in [6.07, 6.45) is 0. The van der Waals surface area contributed by atoms with E-state index in [9.17, 15) is 0 Å². The number of nitrogens with zero attached hydrogens (tertiary/aromatic N) is 3. The van der Waals surface area contributed by atoms with Crippen molar-refractivity contribution < 1.29 is 0 Å². The Morgan fingerprint density at radius 2 is 1.70 bits per heavy atom. The number of piperazine rings is 1. The van der Waals surface area contributed by atoms with Gasteiger partial charge in [-0.3, -0.25) is 0 Å². The quantitative estimate of drug-likeness (QED) is 0.784. The number of aryl methyl sites for hydroxylation is 1. The highest BCUT2D eigenvalue weighted by molar-refractivity contribution is 5.86. The number of para-hydroxylation sites is 1. The van der Waals surface area contributed by atoms with Crippen molar-refractivity contribution in [1.29, 1.82) is 0 Å². The Hall–Kier alpha value is -2.04. The minimum absolute atomic E-state index is 0. The van der Waals surface area contributed by atoms with Crippen LogP contribution in [-0.2, 0) is 0 Å². The molecule has 1 N–H and O–H groups in total. The van der Waals surface area contributed by atoms with E-state index in [0.717, 1.165) is 37.6 Å². The third-order valence-electron chi connectivity index (χ3n) is 4.33. The number of aromatic nitrogens is 2. The number of benzene rings is 2. The average Bonchev–Trinajstić information content (AvgIpc) is 2.93. The van der Waals surface area contributed by atoms with Gasteiger partial charge in [0.25, 0.3) is 0 Å². The van der Waals surface area contributed by atoms with Crippen LogP contribution >= 0.6 is 12.4 Å². The number of hydrogen-bond donors (Lipinski definition) is 1. The van der Waals surface area contributed by atoms with E-state index < -0.39 is 0 Å². The molecule has 0 atom stereocenters. The summed E-state index contributed by atoms with van der Waals surface area (Å²) in [5.41, 5.74) is 4.65. The van der Waals surface area contributed by atoms with E-state index in [1.807, 2.05) is 6.07 Å². The third kappa shape index (κ3) is 2.92. The predicted octanol–water partition coefficient (Wildman–Crippen LogP) is 3.17. The molecule has 3 aromatic rings. The Labute approximate surface area is 142 Å². The normalized spacial score (nSPS) is 14.7. The molecule has 4 nitrogen and oxygen atoms in total. The van der Waals surface area contributed by atoms with E-state index in [-0.39, 0.29) is 12.4 Å². The molecule has 1 aliphatic heterocycles. The van der Waals surface area contributed by atoms with Gasteiger partial charge in [-0.2, -0.15) is 5.10 Å². The van der Waals surface area contributed by atoms with Gasteiger partial charge in [-0.15, -0.1) is 12.4 Å². The first-order chi connectivity index (χ1) is 10.8. The highest BCUT2D eigenvalue weighted by Gasteiger charge is 2.14. The van der Waals surface area contributed by atoms with Crippen molar-refractivity contribution in [1.82, 2.24) is 15.1 Å². The lowest BCUT2D eigenvalue weighted by Crippen LogP contribution is -2.43. The zero-order chi connectivity index (χ0) is 14.9. The van der Waals surface area contributed by atoms with E-state index >= 15 is 0 Å². The molecule has 0 saturated carbocycles. The number of anilines is 1. The van der Waals surface area contributed by atoms with Crippen molar-refractivity contribution in [3.63, 3.8) is 0 Å². The molecule has 0 unspecified atom stereocenters. The van der Waals surface area contributed by atoms with Crippen LogP contribution in [0.2, 0.25) is 0 Å². The lowest BCUT2D eigenvalue weighted by Gasteiger charge is -2.29. The molecule has 1 aromatic heterocycles. The van der Waals surface area contributed by atoms with Crippen molar-refractivity contribution in [2.75, 3.05) is 31.1 Å². The Bertz CT molecular complexity index is 791. The van der Waals surface area contributed by atoms with Gasteiger partial charge in [-0.05, 0) is 37.3 Å². The minimum Gasteiger partial charge on any atom is -0.369 e. The Morgan fingerprint density at radius 3 is 2.43 bits per heavy atom. The van der Waals surface area contributed by atoms with E-state index in [1.165, 1.54) is 16.6 Å². The maximum Gasteiger partial charge on any atom is 0.0764 e. The van der Waals surface area contributed by atoms with Crippen molar-refractivity contribution in [3.05, 3.63) is 54.2 Å². The molecule has 4 rings (SSSR count). The number of halogens is 1.